The minimum absolute atomic E-state index is 0.853. The predicted molar refractivity (Wildman–Crippen MR) is 82.9 cm³/mol. The number of hydrogen-bond donors (Lipinski definition) is 1. The van der Waals surface area contributed by atoms with Crippen LogP contribution in [-0.2, 0) is 13.1 Å². The van der Waals surface area contributed by atoms with E-state index in [-0.39, 0.29) is 0 Å². The highest BCUT2D eigenvalue weighted by Gasteiger charge is 2.04. The molecule has 0 saturated heterocycles. The summed E-state index contributed by atoms with van der Waals surface area (Å²) >= 11 is 3.58. The van der Waals surface area contributed by atoms with Gasteiger partial charge in [-0.3, -0.25) is 4.68 Å². The van der Waals surface area contributed by atoms with Gasteiger partial charge in [-0.25, -0.2) is 0 Å². The Morgan fingerprint density at radius 1 is 1.37 bits per heavy atom. The van der Waals surface area contributed by atoms with Crippen molar-refractivity contribution in [3.8, 4) is 10.4 Å². The fourth-order valence-corrected chi connectivity index (χ4v) is 3.48. The second-order valence-corrected chi connectivity index (χ2v) is 6.16. The monoisotopic (exact) mass is 289 g/mol. The van der Waals surface area contributed by atoms with Crippen LogP contribution in [0.2, 0.25) is 0 Å². The van der Waals surface area contributed by atoms with Crippen LogP contribution in [0.25, 0.3) is 10.4 Å². The molecule has 0 bridgehead atoms. The summed E-state index contributed by atoms with van der Waals surface area (Å²) in [5.74, 6) is 0. The molecule has 3 aromatic heterocycles. The molecule has 5 heteroatoms. The molecule has 0 radical (unpaired) electrons. The molecule has 1 N–H and O–H groups in total. The lowest BCUT2D eigenvalue weighted by Crippen LogP contribution is -1.96. The lowest BCUT2D eigenvalue weighted by molar-refractivity contribution is 0.660. The molecule has 98 valence electrons. The molecule has 0 aliphatic carbocycles. The van der Waals surface area contributed by atoms with Crippen molar-refractivity contribution < 1.29 is 0 Å². The maximum absolute atomic E-state index is 4.25. The van der Waals surface area contributed by atoms with Gasteiger partial charge in [0.05, 0.1) is 11.9 Å². The molecule has 0 fully saturated rings. The van der Waals surface area contributed by atoms with Crippen molar-refractivity contribution in [2.45, 2.75) is 20.0 Å². The third-order valence-corrected chi connectivity index (χ3v) is 4.74. The van der Waals surface area contributed by atoms with Gasteiger partial charge >= 0.3 is 0 Å². The van der Waals surface area contributed by atoms with E-state index in [1.54, 1.807) is 22.7 Å². The molecule has 3 rings (SSSR count). The first kappa shape index (κ1) is 12.4. The van der Waals surface area contributed by atoms with Gasteiger partial charge in [-0.2, -0.15) is 5.10 Å². The van der Waals surface area contributed by atoms with Crippen LogP contribution in [0.15, 0.2) is 41.4 Å². The Morgan fingerprint density at radius 3 is 3.05 bits per heavy atom. The molecular weight excluding hydrogens is 274 g/mol. The molecule has 0 aliphatic heterocycles. The highest BCUT2D eigenvalue weighted by Crippen LogP contribution is 2.29. The molecule has 0 amide bonds. The van der Waals surface area contributed by atoms with Gasteiger partial charge in [0, 0.05) is 34.6 Å². The SMILES string of the molecule is CCn1cc(NCc2cc(-c3cccs3)cs2)cn1. The average Bonchev–Trinajstić information content (AvgIpc) is 3.16. The number of nitrogens with zero attached hydrogens (tertiary/aromatic N) is 2. The minimum atomic E-state index is 0.853. The van der Waals surface area contributed by atoms with E-state index in [4.69, 9.17) is 0 Å². The fraction of sp³-hybridized carbons (Fsp3) is 0.214. The minimum Gasteiger partial charge on any atom is -0.378 e. The fourth-order valence-electron chi connectivity index (χ4n) is 1.86. The third-order valence-electron chi connectivity index (χ3n) is 2.88. The van der Waals surface area contributed by atoms with E-state index in [1.807, 2.05) is 17.1 Å². The van der Waals surface area contributed by atoms with Gasteiger partial charge in [-0.1, -0.05) is 6.07 Å². The van der Waals surface area contributed by atoms with Crippen molar-refractivity contribution in [2.75, 3.05) is 5.32 Å². The first-order valence-corrected chi connectivity index (χ1v) is 7.98. The van der Waals surface area contributed by atoms with Crippen LogP contribution in [0.3, 0.4) is 0 Å². The van der Waals surface area contributed by atoms with Gasteiger partial charge in [0.1, 0.15) is 0 Å². The van der Waals surface area contributed by atoms with E-state index < -0.39 is 0 Å². The summed E-state index contributed by atoms with van der Waals surface area (Å²) in [6.45, 7) is 3.85. The number of aromatic nitrogens is 2. The number of thiophene rings is 2. The average molecular weight is 289 g/mol. The van der Waals surface area contributed by atoms with Crippen molar-refractivity contribution in [1.82, 2.24) is 9.78 Å². The van der Waals surface area contributed by atoms with Crippen molar-refractivity contribution in [3.05, 3.63) is 46.2 Å². The second-order valence-electron chi connectivity index (χ2n) is 4.22. The van der Waals surface area contributed by atoms with Gasteiger partial charge in [0.2, 0.25) is 0 Å². The first-order valence-electron chi connectivity index (χ1n) is 6.23. The van der Waals surface area contributed by atoms with Crippen LogP contribution in [0.1, 0.15) is 11.8 Å². The Bertz CT molecular complexity index is 637. The van der Waals surface area contributed by atoms with Crippen LogP contribution in [0.5, 0.6) is 0 Å². The molecule has 0 aliphatic rings. The smallest absolute Gasteiger partial charge is 0.0729 e. The topological polar surface area (TPSA) is 29.9 Å². The van der Waals surface area contributed by atoms with Crippen LogP contribution in [0, 0.1) is 0 Å². The summed E-state index contributed by atoms with van der Waals surface area (Å²) in [6.07, 6.45) is 3.91. The van der Waals surface area contributed by atoms with Gasteiger partial charge in [-0.15, -0.1) is 22.7 Å². The van der Waals surface area contributed by atoms with Crippen LogP contribution >= 0.6 is 22.7 Å². The molecule has 0 unspecified atom stereocenters. The molecule has 0 atom stereocenters. The van der Waals surface area contributed by atoms with Crippen molar-refractivity contribution in [2.24, 2.45) is 0 Å². The Labute approximate surface area is 120 Å². The standard InChI is InChI=1S/C14H15N3S2/c1-2-17-9-12(7-16-17)15-8-13-6-11(10-19-13)14-4-3-5-18-14/h3-7,9-10,15H,2,8H2,1H3. The molecular formula is C14H15N3S2. The van der Waals surface area contributed by atoms with Crippen LogP contribution in [0.4, 0.5) is 5.69 Å². The second kappa shape index (κ2) is 5.59. The van der Waals surface area contributed by atoms with Crippen molar-refractivity contribution in [3.63, 3.8) is 0 Å². The van der Waals surface area contributed by atoms with Gasteiger partial charge in [0.15, 0.2) is 0 Å². The maximum Gasteiger partial charge on any atom is 0.0729 e. The summed E-state index contributed by atoms with van der Waals surface area (Å²) in [5, 5.41) is 12.0. The van der Waals surface area contributed by atoms with Crippen LogP contribution in [-0.4, -0.2) is 9.78 Å². The van der Waals surface area contributed by atoms with E-state index in [2.05, 4.69) is 46.3 Å². The summed E-state index contributed by atoms with van der Waals surface area (Å²) in [7, 11) is 0. The highest BCUT2D eigenvalue weighted by atomic mass is 32.1. The number of hydrogen-bond acceptors (Lipinski definition) is 4. The lowest BCUT2D eigenvalue weighted by Gasteiger charge is -2.00. The summed E-state index contributed by atoms with van der Waals surface area (Å²) in [6, 6.07) is 6.51. The summed E-state index contributed by atoms with van der Waals surface area (Å²) in [5.41, 5.74) is 2.40. The van der Waals surface area contributed by atoms with Gasteiger partial charge < -0.3 is 5.32 Å². The zero-order valence-corrected chi connectivity index (χ0v) is 12.3. The Kier molecular flexibility index (Phi) is 3.66. The molecule has 3 heterocycles. The van der Waals surface area contributed by atoms with E-state index in [9.17, 15) is 0 Å². The number of aryl methyl sites for hydroxylation is 1. The summed E-state index contributed by atoms with van der Waals surface area (Å²) < 4.78 is 1.92. The number of nitrogens with one attached hydrogen (secondary N) is 1. The molecule has 3 aromatic rings. The number of rotatable bonds is 5. The summed E-state index contributed by atoms with van der Waals surface area (Å²) in [4.78, 5) is 2.67. The van der Waals surface area contributed by atoms with E-state index in [0.717, 1.165) is 18.8 Å². The maximum atomic E-state index is 4.25. The zero-order valence-electron chi connectivity index (χ0n) is 10.7. The molecule has 19 heavy (non-hydrogen) atoms. The Morgan fingerprint density at radius 2 is 2.32 bits per heavy atom. The molecule has 3 nitrogen and oxygen atoms in total. The highest BCUT2D eigenvalue weighted by molar-refractivity contribution is 7.14. The van der Waals surface area contributed by atoms with E-state index >= 15 is 0 Å². The third kappa shape index (κ3) is 2.88. The molecule has 0 saturated carbocycles. The predicted octanol–water partition coefficient (Wildman–Crippen LogP) is 4.31. The largest absolute Gasteiger partial charge is 0.378 e. The Hall–Kier alpha value is -1.59. The quantitative estimate of drug-likeness (QED) is 0.758. The van der Waals surface area contributed by atoms with E-state index in [1.165, 1.54) is 15.3 Å². The normalized spacial score (nSPS) is 10.8. The van der Waals surface area contributed by atoms with Gasteiger partial charge in [-0.05, 0) is 29.8 Å². The molecule has 0 spiro atoms. The van der Waals surface area contributed by atoms with Crippen LogP contribution < -0.4 is 5.32 Å². The molecule has 0 aromatic carbocycles. The number of anilines is 1. The Balaban J connectivity index is 1.64. The zero-order chi connectivity index (χ0) is 13.1. The van der Waals surface area contributed by atoms with Gasteiger partial charge in [0.25, 0.3) is 0 Å². The van der Waals surface area contributed by atoms with Crippen molar-refractivity contribution >= 4 is 28.4 Å². The van der Waals surface area contributed by atoms with Crippen molar-refractivity contribution in [1.29, 1.82) is 0 Å². The first-order chi connectivity index (χ1) is 9.35. The van der Waals surface area contributed by atoms with E-state index in [0.29, 0.717) is 0 Å². The lowest BCUT2D eigenvalue weighted by atomic mass is 10.2.